The molecule has 1 aromatic heterocycles. The van der Waals surface area contributed by atoms with Crippen molar-refractivity contribution in [3.05, 3.63) is 23.9 Å². The number of anilines is 1. The van der Waals surface area contributed by atoms with Crippen LogP contribution in [-0.2, 0) is 9.53 Å². The molecule has 4 rings (SSSR count). The third-order valence-corrected chi connectivity index (χ3v) is 7.80. The van der Waals surface area contributed by atoms with Crippen LogP contribution >= 0.6 is 0 Å². The van der Waals surface area contributed by atoms with E-state index in [1.54, 1.807) is 4.90 Å². The number of aromatic nitrogens is 1. The summed E-state index contributed by atoms with van der Waals surface area (Å²) in [7, 11) is 0. The maximum absolute atomic E-state index is 13.4. The fraction of sp³-hybridized carbons (Fsp3) is 0.704. The fourth-order valence-electron chi connectivity index (χ4n) is 5.60. The Morgan fingerprint density at radius 1 is 1.00 bits per heavy atom. The number of piperidine rings is 2. The molecule has 4 amide bonds. The second-order valence-electron chi connectivity index (χ2n) is 10.4. The van der Waals surface area contributed by atoms with E-state index in [1.807, 2.05) is 36.9 Å². The number of hydrogen-bond donors (Lipinski definition) is 1. The Kier molecular flexibility index (Phi) is 9.60. The average Bonchev–Trinajstić information content (AvgIpc) is 2.93. The number of unbranched alkanes of at least 4 members (excludes halogenated alkanes) is 1. The molecule has 1 atom stereocenters. The largest absolute Gasteiger partial charge is 0.449 e. The number of carbonyl (C=O) groups is 3. The second kappa shape index (κ2) is 13.1. The Bertz CT molecular complexity index is 927. The summed E-state index contributed by atoms with van der Waals surface area (Å²) >= 11 is 0. The summed E-state index contributed by atoms with van der Waals surface area (Å²) < 4.78 is 5.03. The van der Waals surface area contributed by atoms with Crippen molar-refractivity contribution in [1.82, 2.24) is 25.0 Å². The van der Waals surface area contributed by atoms with Gasteiger partial charge in [0.1, 0.15) is 5.82 Å². The normalized spacial score (nSPS) is 21.6. The molecule has 37 heavy (non-hydrogen) atoms. The molecule has 3 aliphatic rings. The molecule has 0 bridgehead atoms. The van der Waals surface area contributed by atoms with Crippen molar-refractivity contribution in [1.29, 1.82) is 0 Å². The monoisotopic (exact) mass is 514 g/mol. The quantitative estimate of drug-likeness (QED) is 0.583. The van der Waals surface area contributed by atoms with E-state index in [2.05, 4.69) is 20.1 Å². The van der Waals surface area contributed by atoms with E-state index in [-0.39, 0.29) is 17.9 Å². The first-order chi connectivity index (χ1) is 17.9. The Morgan fingerprint density at radius 3 is 2.46 bits per heavy atom. The van der Waals surface area contributed by atoms with E-state index in [0.717, 1.165) is 89.3 Å². The number of amides is 4. The smallest absolute Gasteiger partial charge is 0.415 e. The lowest BCUT2D eigenvalue weighted by Crippen LogP contribution is -2.55. The van der Waals surface area contributed by atoms with Gasteiger partial charge in [-0.05, 0) is 57.7 Å². The van der Waals surface area contributed by atoms with Gasteiger partial charge >= 0.3 is 12.1 Å². The molecule has 0 spiro atoms. The van der Waals surface area contributed by atoms with Gasteiger partial charge in [-0.1, -0.05) is 19.4 Å². The van der Waals surface area contributed by atoms with Crippen LogP contribution in [-0.4, -0.2) is 103 Å². The van der Waals surface area contributed by atoms with Gasteiger partial charge in [0.15, 0.2) is 0 Å². The Hall–Kier alpha value is -2.88. The number of urea groups is 1. The van der Waals surface area contributed by atoms with E-state index in [1.165, 1.54) is 0 Å². The highest BCUT2D eigenvalue weighted by atomic mass is 16.5. The highest BCUT2D eigenvalue weighted by Gasteiger charge is 2.35. The van der Waals surface area contributed by atoms with Gasteiger partial charge in [-0.25, -0.2) is 19.9 Å². The van der Waals surface area contributed by atoms with Crippen LogP contribution in [0.2, 0.25) is 0 Å². The van der Waals surface area contributed by atoms with Crippen molar-refractivity contribution in [3.8, 4) is 0 Å². The van der Waals surface area contributed by atoms with Crippen LogP contribution in [0.5, 0.6) is 0 Å². The number of nitrogens with zero attached hydrogens (tertiary/aromatic N) is 5. The van der Waals surface area contributed by atoms with Crippen molar-refractivity contribution in [2.45, 2.75) is 58.4 Å². The molecule has 0 aromatic carbocycles. The van der Waals surface area contributed by atoms with Crippen LogP contribution in [0.15, 0.2) is 18.2 Å². The fourth-order valence-corrected chi connectivity index (χ4v) is 5.60. The summed E-state index contributed by atoms with van der Waals surface area (Å²) in [6, 6.07) is 6.05. The third kappa shape index (κ3) is 7.34. The standard InChI is InChI=1S/C27H42N6O4/c1-3-4-19-37-27(36)29-26(35)32-13-10-23(11-14-32)33-12-6-8-22(20-33)25(34)31-17-15-30(16-18-31)24-9-5-7-21(2)28-24/h5,7,9,22-23H,3-4,6,8,10-20H2,1-2H3,(H,29,35,36). The van der Waals surface area contributed by atoms with Crippen molar-refractivity contribution in [3.63, 3.8) is 0 Å². The minimum absolute atomic E-state index is 0.0385. The van der Waals surface area contributed by atoms with Gasteiger partial charge in [-0.2, -0.15) is 0 Å². The number of ether oxygens (including phenoxy) is 1. The molecule has 204 valence electrons. The molecule has 1 unspecified atom stereocenters. The second-order valence-corrected chi connectivity index (χ2v) is 10.4. The minimum Gasteiger partial charge on any atom is -0.449 e. The average molecular weight is 515 g/mol. The Labute approximate surface area is 220 Å². The van der Waals surface area contributed by atoms with Gasteiger partial charge in [0, 0.05) is 57.5 Å². The molecule has 4 heterocycles. The maximum Gasteiger partial charge on any atom is 0.415 e. The molecule has 1 N–H and O–H groups in total. The van der Waals surface area contributed by atoms with Crippen LogP contribution in [0, 0.1) is 12.8 Å². The van der Waals surface area contributed by atoms with Crippen LogP contribution in [0.25, 0.3) is 0 Å². The molecule has 10 nitrogen and oxygen atoms in total. The first kappa shape index (κ1) is 27.2. The predicted octanol–water partition coefficient (Wildman–Crippen LogP) is 2.86. The van der Waals surface area contributed by atoms with Gasteiger partial charge in [0.2, 0.25) is 5.91 Å². The summed E-state index contributed by atoms with van der Waals surface area (Å²) in [5.74, 6) is 1.31. The number of likely N-dealkylation sites (tertiary alicyclic amines) is 2. The van der Waals surface area contributed by atoms with Gasteiger partial charge in [-0.15, -0.1) is 0 Å². The molecule has 0 radical (unpaired) electrons. The van der Waals surface area contributed by atoms with Crippen molar-refractivity contribution >= 4 is 23.8 Å². The zero-order valence-corrected chi connectivity index (χ0v) is 22.4. The van der Waals surface area contributed by atoms with Crippen molar-refractivity contribution < 1.29 is 19.1 Å². The number of aryl methyl sites for hydroxylation is 1. The highest BCUT2D eigenvalue weighted by molar-refractivity contribution is 5.90. The third-order valence-electron chi connectivity index (χ3n) is 7.80. The molecule has 3 fully saturated rings. The van der Waals surface area contributed by atoms with E-state index in [4.69, 9.17) is 4.74 Å². The predicted molar refractivity (Wildman–Crippen MR) is 141 cm³/mol. The maximum atomic E-state index is 13.4. The van der Waals surface area contributed by atoms with Crippen LogP contribution in [0.1, 0.15) is 51.1 Å². The summed E-state index contributed by atoms with van der Waals surface area (Å²) in [4.78, 5) is 50.6. The zero-order chi connectivity index (χ0) is 26.2. The summed E-state index contributed by atoms with van der Waals surface area (Å²) in [6.07, 6.45) is 4.70. The number of imide groups is 1. The Morgan fingerprint density at radius 2 is 1.76 bits per heavy atom. The van der Waals surface area contributed by atoms with Gasteiger partial charge in [-0.3, -0.25) is 9.69 Å². The van der Waals surface area contributed by atoms with Crippen molar-refractivity contribution in [2.24, 2.45) is 5.92 Å². The zero-order valence-electron chi connectivity index (χ0n) is 22.4. The van der Waals surface area contributed by atoms with E-state index < -0.39 is 6.09 Å². The Balaban J connectivity index is 1.20. The van der Waals surface area contributed by atoms with E-state index in [9.17, 15) is 14.4 Å². The number of rotatable bonds is 6. The summed E-state index contributed by atoms with van der Waals surface area (Å²) in [5.41, 5.74) is 1.01. The molecular formula is C27H42N6O4. The lowest BCUT2D eigenvalue weighted by atomic mass is 9.92. The van der Waals surface area contributed by atoms with Crippen LogP contribution in [0.4, 0.5) is 15.4 Å². The molecule has 0 aliphatic carbocycles. The summed E-state index contributed by atoms with van der Waals surface area (Å²) in [5, 5.41) is 2.33. The molecule has 3 saturated heterocycles. The summed E-state index contributed by atoms with van der Waals surface area (Å²) in [6.45, 7) is 10.4. The SMILES string of the molecule is CCCCOC(=O)NC(=O)N1CCC(N2CCCC(C(=O)N3CCN(c4cccc(C)n4)CC3)C2)CC1. The van der Waals surface area contributed by atoms with Crippen molar-refractivity contribution in [2.75, 3.05) is 63.9 Å². The first-order valence-corrected chi connectivity index (χ1v) is 13.9. The number of piperazine rings is 1. The number of pyridine rings is 1. The molecule has 3 aliphatic heterocycles. The van der Waals surface area contributed by atoms with Crippen LogP contribution in [0.3, 0.4) is 0 Å². The highest BCUT2D eigenvalue weighted by Crippen LogP contribution is 2.26. The molecule has 0 saturated carbocycles. The van der Waals surface area contributed by atoms with Crippen LogP contribution < -0.4 is 10.2 Å². The van der Waals surface area contributed by atoms with Gasteiger partial charge in [0.05, 0.1) is 12.5 Å². The number of hydrogen-bond acceptors (Lipinski definition) is 7. The minimum atomic E-state index is -0.672. The lowest BCUT2D eigenvalue weighted by molar-refractivity contribution is -0.138. The van der Waals surface area contributed by atoms with Gasteiger partial charge < -0.3 is 19.4 Å². The van der Waals surface area contributed by atoms with Gasteiger partial charge in [0.25, 0.3) is 0 Å². The first-order valence-electron chi connectivity index (χ1n) is 13.9. The van der Waals surface area contributed by atoms with E-state index in [0.29, 0.717) is 25.7 Å². The topological polar surface area (TPSA) is 98.3 Å². The van der Waals surface area contributed by atoms with E-state index >= 15 is 0 Å². The number of nitrogens with one attached hydrogen (secondary N) is 1. The lowest BCUT2D eigenvalue weighted by Gasteiger charge is -2.43. The molecule has 1 aromatic rings. The number of carbonyl (C=O) groups excluding carboxylic acids is 3. The molecule has 10 heteroatoms. The number of alkyl carbamates (subject to hydrolysis) is 1. The molecular weight excluding hydrogens is 472 g/mol.